The molecule has 1 aliphatic rings. The molecule has 0 amide bonds. The van der Waals surface area contributed by atoms with E-state index in [1.54, 1.807) is 24.3 Å². The number of hydrogen-bond donors (Lipinski definition) is 1. The summed E-state index contributed by atoms with van der Waals surface area (Å²) in [5, 5.41) is 9.84. The summed E-state index contributed by atoms with van der Waals surface area (Å²) in [5.41, 5.74) is 0.477. The van der Waals surface area contributed by atoms with Crippen molar-refractivity contribution in [3.63, 3.8) is 0 Å². The number of ketones is 1. The number of carbonyl (C=O) groups is 1. The van der Waals surface area contributed by atoms with Gasteiger partial charge in [-0.2, -0.15) is 0 Å². The highest BCUT2D eigenvalue weighted by Gasteiger charge is 2.29. The maximum Gasteiger partial charge on any atom is 0.228 e. The molecule has 0 saturated heterocycles. The van der Waals surface area contributed by atoms with E-state index in [2.05, 4.69) is 11.8 Å². The van der Waals surface area contributed by atoms with E-state index in [4.69, 9.17) is 4.74 Å². The van der Waals surface area contributed by atoms with Crippen LogP contribution in [0.5, 0.6) is 5.75 Å². The number of rotatable bonds is 0. The van der Waals surface area contributed by atoms with Crippen LogP contribution in [0, 0.1) is 17.3 Å². The fourth-order valence-corrected chi connectivity index (χ4v) is 1.68. The number of para-hydroxylation sites is 1. The molecule has 1 unspecified atom stereocenters. The second kappa shape index (κ2) is 4.91. The Morgan fingerprint density at radius 2 is 2.00 bits per heavy atom. The zero-order valence-corrected chi connectivity index (χ0v) is 11.2. The van der Waals surface area contributed by atoms with Crippen molar-refractivity contribution in [2.75, 3.05) is 0 Å². The number of hydrogen-bond acceptors (Lipinski definition) is 3. The lowest BCUT2D eigenvalue weighted by molar-refractivity contribution is 0.00798. The summed E-state index contributed by atoms with van der Waals surface area (Å²) in [4.78, 5) is 12.2. The zero-order valence-electron chi connectivity index (χ0n) is 11.2. The number of allylic oxidation sites excluding steroid dienone is 1. The minimum atomic E-state index is -1.25. The van der Waals surface area contributed by atoms with Gasteiger partial charge < -0.3 is 9.84 Å². The molecule has 0 bridgehead atoms. The highest BCUT2D eigenvalue weighted by atomic mass is 16.6. The van der Waals surface area contributed by atoms with Gasteiger partial charge in [0.2, 0.25) is 6.29 Å². The van der Waals surface area contributed by atoms with Crippen molar-refractivity contribution in [1.29, 1.82) is 0 Å². The van der Waals surface area contributed by atoms with E-state index in [-0.39, 0.29) is 16.8 Å². The Morgan fingerprint density at radius 1 is 1.32 bits per heavy atom. The minimum absolute atomic E-state index is 0.154. The largest absolute Gasteiger partial charge is 0.460 e. The standard InChI is InChI=1S/C16H16O3/c1-16(2,3)10-6-8-12-14(17)11-7-4-5-9-13(11)19-15(12)18/h4-5,7-9,15,18H,1-3H3/b12-8+. The van der Waals surface area contributed by atoms with Gasteiger partial charge in [0, 0.05) is 11.5 Å². The minimum Gasteiger partial charge on any atom is -0.460 e. The van der Waals surface area contributed by atoms with E-state index < -0.39 is 6.29 Å². The van der Waals surface area contributed by atoms with Crippen molar-refractivity contribution in [2.24, 2.45) is 5.41 Å². The molecule has 1 heterocycles. The Kier molecular flexibility index (Phi) is 3.46. The van der Waals surface area contributed by atoms with Gasteiger partial charge in [0.15, 0.2) is 5.78 Å². The second-order valence-corrected chi connectivity index (χ2v) is 5.41. The Morgan fingerprint density at radius 3 is 2.68 bits per heavy atom. The number of aliphatic hydroxyl groups excluding tert-OH is 1. The van der Waals surface area contributed by atoms with Crippen LogP contribution in [0.15, 0.2) is 35.9 Å². The molecule has 19 heavy (non-hydrogen) atoms. The highest BCUT2D eigenvalue weighted by Crippen LogP contribution is 2.29. The van der Waals surface area contributed by atoms with Crippen LogP contribution < -0.4 is 4.74 Å². The van der Waals surface area contributed by atoms with Crippen molar-refractivity contribution in [1.82, 2.24) is 0 Å². The van der Waals surface area contributed by atoms with Crippen molar-refractivity contribution in [3.8, 4) is 17.6 Å². The van der Waals surface area contributed by atoms with Crippen LogP contribution >= 0.6 is 0 Å². The molecule has 0 aromatic heterocycles. The molecule has 0 aliphatic carbocycles. The monoisotopic (exact) mass is 256 g/mol. The summed E-state index contributed by atoms with van der Waals surface area (Å²) in [5.74, 6) is 5.97. The summed E-state index contributed by atoms with van der Waals surface area (Å²) in [6.45, 7) is 5.93. The topological polar surface area (TPSA) is 46.5 Å². The van der Waals surface area contributed by atoms with Gasteiger partial charge in [-0.15, -0.1) is 0 Å². The zero-order chi connectivity index (χ0) is 14.0. The van der Waals surface area contributed by atoms with Gasteiger partial charge >= 0.3 is 0 Å². The van der Waals surface area contributed by atoms with Crippen molar-refractivity contribution >= 4 is 5.78 Å². The lowest BCUT2D eigenvalue weighted by Crippen LogP contribution is -2.29. The van der Waals surface area contributed by atoms with Crippen LogP contribution in [-0.2, 0) is 0 Å². The van der Waals surface area contributed by atoms with Crippen LogP contribution in [0.4, 0.5) is 0 Å². The molecule has 0 fully saturated rings. The Balaban J connectivity index is 2.36. The Labute approximate surface area is 112 Å². The van der Waals surface area contributed by atoms with Crippen molar-refractivity contribution in [3.05, 3.63) is 41.5 Å². The first-order valence-electron chi connectivity index (χ1n) is 6.10. The molecule has 1 N–H and O–H groups in total. The van der Waals surface area contributed by atoms with E-state index in [0.717, 1.165) is 0 Å². The molecule has 1 aromatic carbocycles. The second-order valence-electron chi connectivity index (χ2n) is 5.41. The van der Waals surface area contributed by atoms with Gasteiger partial charge in [-0.1, -0.05) is 24.0 Å². The summed E-state index contributed by atoms with van der Waals surface area (Å²) < 4.78 is 5.30. The van der Waals surface area contributed by atoms with E-state index in [1.807, 2.05) is 20.8 Å². The maximum absolute atomic E-state index is 12.2. The first-order valence-corrected chi connectivity index (χ1v) is 6.10. The van der Waals surface area contributed by atoms with Crippen LogP contribution in [0.3, 0.4) is 0 Å². The van der Waals surface area contributed by atoms with Crippen molar-refractivity contribution in [2.45, 2.75) is 27.1 Å². The van der Waals surface area contributed by atoms with E-state index in [1.165, 1.54) is 6.08 Å². The predicted octanol–water partition coefficient (Wildman–Crippen LogP) is 2.56. The van der Waals surface area contributed by atoms with Gasteiger partial charge in [-0.3, -0.25) is 4.79 Å². The molecule has 0 saturated carbocycles. The Bertz CT molecular complexity index is 594. The third kappa shape index (κ3) is 3.04. The quantitative estimate of drug-likeness (QED) is 0.573. The lowest BCUT2D eigenvalue weighted by atomic mass is 9.96. The van der Waals surface area contributed by atoms with Crippen molar-refractivity contribution < 1.29 is 14.6 Å². The third-order valence-electron chi connectivity index (χ3n) is 2.57. The number of aliphatic hydroxyl groups is 1. The summed E-state index contributed by atoms with van der Waals surface area (Å²) in [6.07, 6.45) is 0.186. The van der Waals surface area contributed by atoms with Crippen LogP contribution in [0.1, 0.15) is 31.1 Å². The molecule has 98 valence electrons. The average molecular weight is 256 g/mol. The smallest absolute Gasteiger partial charge is 0.228 e. The fraction of sp³-hybridized carbons (Fsp3) is 0.312. The number of carbonyl (C=O) groups excluding carboxylic acids is 1. The lowest BCUT2D eigenvalue weighted by Gasteiger charge is -2.23. The molecule has 1 aliphatic heterocycles. The van der Waals surface area contributed by atoms with Crippen LogP contribution in [0.25, 0.3) is 0 Å². The van der Waals surface area contributed by atoms with Gasteiger partial charge in [0.1, 0.15) is 5.75 Å². The summed E-state index contributed by atoms with van der Waals surface area (Å²) >= 11 is 0. The normalized spacial score (nSPS) is 20.3. The van der Waals surface area contributed by atoms with Gasteiger partial charge in [0.25, 0.3) is 0 Å². The third-order valence-corrected chi connectivity index (χ3v) is 2.57. The number of ether oxygens (including phenoxy) is 1. The number of benzene rings is 1. The fourth-order valence-electron chi connectivity index (χ4n) is 1.68. The molecular weight excluding hydrogens is 240 g/mol. The molecular formula is C16H16O3. The first-order chi connectivity index (χ1) is 8.88. The maximum atomic E-state index is 12.2. The van der Waals surface area contributed by atoms with Gasteiger partial charge in [0.05, 0.1) is 11.1 Å². The molecule has 3 heteroatoms. The van der Waals surface area contributed by atoms with E-state index in [0.29, 0.717) is 11.3 Å². The molecule has 0 radical (unpaired) electrons. The SMILES string of the molecule is CC(C)(C)C#C/C=C1\C(=O)c2ccccc2OC1O. The molecule has 1 aromatic rings. The number of Topliss-reactive ketones (excluding diaryl/α,β-unsaturated/α-hetero) is 1. The number of fused-ring (bicyclic) bond motifs is 1. The summed E-state index contributed by atoms with van der Waals surface area (Å²) in [6, 6.07) is 6.85. The van der Waals surface area contributed by atoms with Gasteiger partial charge in [-0.25, -0.2) is 0 Å². The molecule has 0 spiro atoms. The first kappa shape index (κ1) is 13.4. The average Bonchev–Trinajstić information content (AvgIpc) is 2.32. The molecule has 2 rings (SSSR count). The Hall–Kier alpha value is -2.05. The molecule has 1 atom stereocenters. The highest BCUT2D eigenvalue weighted by molar-refractivity contribution is 6.12. The van der Waals surface area contributed by atoms with Crippen LogP contribution in [0.2, 0.25) is 0 Å². The van der Waals surface area contributed by atoms with Gasteiger partial charge in [-0.05, 0) is 32.9 Å². The summed E-state index contributed by atoms with van der Waals surface area (Å²) in [7, 11) is 0. The van der Waals surface area contributed by atoms with E-state index in [9.17, 15) is 9.90 Å². The van der Waals surface area contributed by atoms with E-state index >= 15 is 0 Å². The predicted molar refractivity (Wildman–Crippen MR) is 72.7 cm³/mol. The van der Waals surface area contributed by atoms with Crippen LogP contribution in [-0.4, -0.2) is 17.2 Å². The molecule has 3 nitrogen and oxygen atoms in total.